The van der Waals surface area contributed by atoms with Crippen molar-refractivity contribution < 1.29 is 4.79 Å². The Labute approximate surface area is 156 Å². The summed E-state index contributed by atoms with van der Waals surface area (Å²) in [7, 11) is 0. The van der Waals surface area contributed by atoms with E-state index in [1.165, 1.54) is 16.5 Å². The highest BCUT2D eigenvalue weighted by molar-refractivity contribution is 6.31. The minimum Gasteiger partial charge on any atom is -0.348 e. The number of carbonyl (C=O) groups excluding carboxylic acids is 1. The SMILES string of the molecule is CCc1ccc([C@H](C)NC(=O)Cn2cnc3ccc(Cl)cc3c2=O)cc1. The van der Waals surface area contributed by atoms with E-state index in [2.05, 4.69) is 29.4 Å². The number of aryl methyl sites for hydroxylation is 1. The molecule has 0 aliphatic rings. The molecule has 1 aromatic heterocycles. The fourth-order valence-electron chi connectivity index (χ4n) is 2.81. The van der Waals surface area contributed by atoms with Crippen molar-refractivity contribution >= 4 is 28.4 Å². The van der Waals surface area contributed by atoms with Crippen LogP contribution in [0.25, 0.3) is 10.9 Å². The summed E-state index contributed by atoms with van der Waals surface area (Å²) in [4.78, 5) is 29.1. The summed E-state index contributed by atoms with van der Waals surface area (Å²) in [6.45, 7) is 3.93. The van der Waals surface area contributed by atoms with Gasteiger partial charge in [0, 0.05) is 5.02 Å². The van der Waals surface area contributed by atoms with Crippen LogP contribution in [0.3, 0.4) is 0 Å². The fraction of sp³-hybridized carbons (Fsp3) is 0.250. The molecule has 0 spiro atoms. The highest BCUT2D eigenvalue weighted by Gasteiger charge is 2.12. The van der Waals surface area contributed by atoms with Crippen molar-refractivity contribution in [3.05, 3.63) is 75.3 Å². The van der Waals surface area contributed by atoms with E-state index in [1.54, 1.807) is 18.2 Å². The summed E-state index contributed by atoms with van der Waals surface area (Å²) in [6, 6.07) is 12.9. The van der Waals surface area contributed by atoms with Crippen LogP contribution in [0.4, 0.5) is 0 Å². The van der Waals surface area contributed by atoms with E-state index >= 15 is 0 Å². The van der Waals surface area contributed by atoms with Crippen LogP contribution in [0.2, 0.25) is 5.02 Å². The Hall–Kier alpha value is -2.66. The molecule has 1 atom stereocenters. The van der Waals surface area contributed by atoms with Gasteiger partial charge >= 0.3 is 0 Å². The van der Waals surface area contributed by atoms with E-state index in [0.29, 0.717) is 15.9 Å². The Morgan fingerprint density at radius 3 is 2.65 bits per heavy atom. The normalized spacial score (nSPS) is 12.1. The zero-order valence-corrected chi connectivity index (χ0v) is 15.5. The first kappa shape index (κ1) is 18.1. The van der Waals surface area contributed by atoms with E-state index in [1.807, 2.05) is 19.1 Å². The number of halogens is 1. The van der Waals surface area contributed by atoms with Crippen LogP contribution in [-0.2, 0) is 17.8 Å². The predicted octanol–water partition coefficient (Wildman–Crippen LogP) is 3.49. The molecule has 134 valence electrons. The van der Waals surface area contributed by atoms with Crippen LogP contribution in [0.5, 0.6) is 0 Å². The largest absolute Gasteiger partial charge is 0.348 e. The third-order valence-electron chi connectivity index (χ3n) is 4.37. The lowest BCUT2D eigenvalue weighted by Gasteiger charge is -2.15. The lowest BCUT2D eigenvalue weighted by atomic mass is 10.1. The minimum atomic E-state index is -0.285. The number of nitrogens with zero attached hydrogens (tertiary/aromatic N) is 2. The van der Waals surface area contributed by atoms with Crippen molar-refractivity contribution in [3.8, 4) is 0 Å². The Kier molecular flexibility index (Phi) is 5.38. The van der Waals surface area contributed by atoms with E-state index < -0.39 is 0 Å². The lowest BCUT2D eigenvalue weighted by Crippen LogP contribution is -2.34. The average Bonchev–Trinajstić information content (AvgIpc) is 2.64. The van der Waals surface area contributed by atoms with Crippen LogP contribution in [-0.4, -0.2) is 15.5 Å². The van der Waals surface area contributed by atoms with Gasteiger partial charge in [0.05, 0.1) is 23.3 Å². The third kappa shape index (κ3) is 3.94. The summed E-state index contributed by atoms with van der Waals surface area (Å²) >= 11 is 5.95. The van der Waals surface area contributed by atoms with Crippen LogP contribution in [0, 0.1) is 0 Å². The minimum absolute atomic E-state index is 0.0916. The Balaban J connectivity index is 1.74. The van der Waals surface area contributed by atoms with E-state index in [-0.39, 0.29) is 24.1 Å². The van der Waals surface area contributed by atoms with Gasteiger partial charge in [-0.15, -0.1) is 0 Å². The van der Waals surface area contributed by atoms with E-state index in [9.17, 15) is 9.59 Å². The number of benzene rings is 2. The molecule has 0 aliphatic heterocycles. The zero-order valence-electron chi connectivity index (χ0n) is 14.7. The molecule has 0 bridgehead atoms. The number of aromatic nitrogens is 2. The van der Waals surface area contributed by atoms with Crippen molar-refractivity contribution in [1.29, 1.82) is 0 Å². The molecule has 1 amide bonds. The first-order valence-electron chi connectivity index (χ1n) is 8.51. The number of fused-ring (bicyclic) bond motifs is 1. The Bertz CT molecular complexity index is 996. The molecule has 0 saturated carbocycles. The molecule has 0 radical (unpaired) electrons. The molecule has 6 heteroatoms. The van der Waals surface area contributed by atoms with E-state index in [0.717, 1.165) is 12.0 Å². The summed E-state index contributed by atoms with van der Waals surface area (Å²) in [5.74, 6) is -0.248. The second-order valence-corrected chi connectivity index (χ2v) is 6.66. The number of hydrogen-bond acceptors (Lipinski definition) is 3. The second-order valence-electron chi connectivity index (χ2n) is 6.22. The number of hydrogen-bond donors (Lipinski definition) is 1. The van der Waals surface area contributed by atoms with Gasteiger partial charge in [-0.2, -0.15) is 0 Å². The summed E-state index contributed by atoms with van der Waals surface area (Å²) < 4.78 is 1.29. The van der Waals surface area contributed by atoms with Crippen molar-refractivity contribution in [1.82, 2.24) is 14.9 Å². The summed E-state index contributed by atoms with van der Waals surface area (Å²) in [6.07, 6.45) is 2.36. The van der Waals surface area contributed by atoms with Crippen molar-refractivity contribution in [2.45, 2.75) is 32.9 Å². The maximum atomic E-state index is 12.5. The molecule has 5 nitrogen and oxygen atoms in total. The molecule has 0 saturated heterocycles. The monoisotopic (exact) mass is 369 g/mol. The Morgan fingerprint density at radius 2 is 1.96 bits per heavy atom. The molecule has 0 fully saturated rings. The van der Waals surface area contributed by atoms with Crippen LogP contribution in [0.1, 0.15) is 31.0 Å². The van der Waals surface area contributed by atoms with Gasteiger partial charge in [-0.1, -0.05) is 42.8 Å². The first-order chi connectivity index (χ1) is 12.5. The molecule has 3 aromatic rings. The van der Waals surface area contributed by atoms with Gasteiger partial charge in [0.2, 0.25) is 5.91 Å². The number of nitrogens with one attached hydrogen (secondary N) is 1. The molecule has 0 unspecified atom stereocenters. The average molecular weight is 370 g/mol. The smallest absolute Gasteiger partial charge is 0.261 e. The van der Waals surface area contributed by atoms with Crippen molar-refractivity contribution in [2.75, 3.05) is 0 Å². The summed E-state index contributed by atoms with van der Waals surface area (Å²) in [5, 5.41) is 3.78. The van der Waals surface area contributed by atoms with Gasteiger partial charge in [-0.05, 0) is 42.7 Å². The fourth-order valence-corrected chi connectivity index (χ4v) is 2.98. The molecule has 26 heavy (non-hydrogen) atoms. The number of amides is 1. The standard InChI is InChI=1S/C20H20ClN3O2/c1-3-14-4-6-15(7-5-14)13(2)23-19(25)11-24-12-22-18-9-8-16(21)10-17(18)20(24)26/h4-10,12-13H,3,11H2,1-2H3,(H,23,25)/t13-/m0/s1. The first-order valence-corrected chi connectivity index (χ1v) is 8.88. The third-order valence-corrected chi connectivity index (χ3v) is 4.60. The maximum Gasteiger partial charge on any atom is 0.261 e. The molecule has 1 N–H and O–H groups in total. The molecule has 3 rings (SSSR count). The maximum absolute atomic E-state index is 12.5. The molecular weight excluding hydrogens is 350 g/mol. The quantitative estimate of drug-likeness (QED) is 0.748. The predicted molar refractivity (Wildman–Crippen MR) is 103 cm³/mol. The topological polar surface area (TPSA) is 64.0 Å². The highest BCUT2D eigenvalue weighted by Crippen LogP contribution is 2.15. The zero-order chi connectivity index (χ0) is 18.7. The van der Waals surface area contributed by atoms with Crippen LogP contribution >= 0.6 is 11.6 Å². The van der Waals surface area contributed by atoms with Gasteiger partial charge < -0.3 is 5.32 Å². The Morgan fingerprint density at radius 1 is 1.23 bits per heavy atom. The van der Waals surface area contributed by atoms with Crippen LogP contribution in [0.15, 0.2) is 53.6 Å². The van der Waals surface area contributed by atoms with Crippen LogP contribution < -0.4 is 10.9 Å². The van der Waals surface area contributed by atoms with Crippen molar-refractivity contribution in [2.24, 2.45) is 0 Å². The van der Waals surface area contributed by atoms with Crippen molar-refractivity contribution in [3.63, 3.8) is 0 Å². The second kappa shape index (κ2) is 7.70. The lowest BCUT2D eigenvalue weighted by molar-refractivity contribution is -0.122. The molecule has 0 aliphatic carbocycles. The molecule has 2 aromatic carbocycles. The van der Waals surface area contributed by atoms with Gasteiger partial charge in [0.15, 0.2) is 0 Å². The highest BCUT2D eigenvalue weighted by atomic mass is 35.5. The molecule has 1 heterocycles. The van der Waals surface area contributed by atoms with Gasteiger partial charge in [-0.25, -0.2) is 4.98 Å². The number of carbonyl (C=O) groups is 1. The van der Waals surface area contributed by atoms with Gasteiger partial charge in [0.1, 0.15) is 6.54 Å². The van der Waals surface area contributed by atoms with E-state index in [4.69, 9.17) is 11.6 Å². The summed E-state index contributed by atoms with van der Waals surface area (Å²) in [5.41, 5.74) is 2.54. The van der Waals surface area contributed by atoms with Gasteiger partial charge in [-0.3, -0.25) is 14.2 Å². The number of rotatable bonds is 5. The molecular formula is C20H20ClN3O2. The van der Waals surface area contributed by atoms with Gasteiger partial charge in [0.25, 0.3) is 5.56 Å².